The van der Waals surface area contributed by atoms with Gasteiger partial charge in [0.05, 0.1) is 5.69 Å². The van der Waals surface area contributed by atoms with E-state index in [0.29, 0.717) is 0 Å². The molecule has 0 saturated carbocycles. The quantitative estimate of drug-likeness (QED) is 0.162. The summed E-state index contributed by atoms with van der Waals surface area (Å²) in [5, 5.41) is 7.02. The van der Waals surface area contributed by atoms with Crippen LogP contribution in [0.4, 0.5) is 17.1 Å². The van der Waals surface area contributed by atoms with Crippen LogP contribution in [0.3, 0.4) is 0 Å². The Morgan fingerprint density at radius 3 is 1.64 bits per heavy atom. The molecular weight excluding hydrogens is 703 g/mol. The van der Waals surface area contributed by atoms with Gasteiger partial charge in [0.15, 0.2) is 0 Å². The van der Waals surface area contributed by atoms with E-state index in [9.17, 15) is 0 Å². The average molecular weight is 740 g/mol. The van der Waals surface area contributed by atoms with Gasteiger partial charge in [0.25, 0.3) is 0 Å². The lowest BCUT2D eigenvalue weighted by molar-refractivity contribution is 0.673. The molecule has 0 bridgehead atoms. The number of fused-ring (bicyclic) bond motifs is 6. The molecule has 0 aliphatic carbocycles. The number of rotatable bonds is 7. The molecule has 0 aliphatic heterocycles. The van der Waals surface area contributed by atoms with Crippen molar-refractivity contribution in [3.05, 3.63) is 224 Å². The van der Waals surface area contributed by atoms with Crippen molar-refractivity contribution in [3.8, 4) is 44.5 Å². The van der Waals surface area contributed by atoms with Gasteiger partial charge in [-0.05, 0) is 97.6 Å². The maximum Gasteiger partial charge on any atom is 0.143 e. The standard InChI is InChI=1S/C56H37NO/c1-2-14-38(15-3-1)39-30-32-42(33-31-39)49-24-8-9-28-53(49)57(45-21-10-19-43(36-45)48-26-12-18-40-16-4-6-23-47(40)48)46-22-11-20-44(37-46)50-27-13-29-54-55(50)52-35-34-41-17-5-7-25-51(41)56(52)58-54/h1-37H. The number of anilines is 3. The molecule has 58 heavy (non-hydrogen) atoms. The summed E-state index contributed by atoms with van der Waals surface area (Å²) in [5.74, 6) is 0. The van der Waals surface area contributed by atoms with Gasteiger partial charge in [-0.25, -0.2) is 0 Å². The Bertz CT molecular complexity index is 3280. The van der Waals surface area contributed by atoms with Crippen molar-refractivity contribution in [1.82, 2.24) is 0 Å². The smallest absolute Gasteiger partial charge is 0.143 e. The normalized spacial score (nSPS) is 11.4. The molecule has 2 heteroatoms. The van der Waals surface area contributed by atoms with Crippen LogP contribution in [-0.2, 0) is 0 Å². The topological polar surface area (TPSA) is 16.4 Å². The highest BCUT2D eigenvalue weighted by atomic mass is 16.3. The van der Waals surface area contributed by atoms with Crippen LogP contribution in [-0.4, -0.2) is 0 Å². The molecule has 0 atom stereocenters. The van der Waals surface area contributed by atoms with Gasteiger partial charge in [-0.1, -0.05) is 182 Å². The first-order valence-corrected chi connectivity index (χ1v) is 19.8. The second kappa shape index (κ2) is 14.1. The lowest BCUT2D eigenvalue weighted by atomic mass is 9.96. The molecule has 11 aromatic rings. The van der Waals surface area contributed by atoms with E-state index < -0.39 is 0 Å². The Labute approximate surface area is 337 Å². The van der Waals surface area contributed by atoms with E-state index in [-0.39, 0.29) is 0 Å². The van der Waals surface area contributed by atoms with E-state index in [4.69, 9.17) is 4.42 Å². The molecule has 0 aliphatic rings. The number of hydrogen-bond acceptors (Lipinski definition) is 2. The van der Waals surface area contributed by atoms with Crippen molar-refractivity contribution in [2.24, 2.45) is 0 Å². The molecule has 272 valence electrons. The second-order valence-corrected chi connectivity index (χ2v) is 14.9. The van der Waals surface area contributed by atoms with Crippen LogP contribution >= 0.6 is 0 Å². The first kappa shape index (κ1) is 33.6. The molecule has 2 nitrogen and oxygen atoms in total. The van der Waals surface area contributed by atoms with E-state index >= 15 is 0 Å². The minimum Gasteiger partial charge on any atom is -0.455 e. The third-order valence-corrected chi connectivity index (χ3v) is 11.5. The largest absolute Gasteiger partial charge is 0.455 e. The summed E-state index contributed by atoms with van der Waals surface area (Å²) in [6.07, 6.45) is 0. The van der Waals surface area contributed by atoms with E-state index in [1.54, 1.807) is 0 Å². The molecule has 0 unspecified atom stereocenters. The van der Waals surface area contributed by atoms with Crippen molar-refractivity contribution in [1.29, 1.82) is 0 Å². The Morgan fingerprint density at radius 2 is 0.845 bits per heavy atom. The van der Waals surface area contributed by atoms with Crippen LogP contribution in [0.25, 0.3) is 88.0 Å². The van der Waals surface area contributed by atoms with Crippen LogP contribution in [0.1, 0.15) is 0 Å². The Hall–Kier alpha value is -7.68. The summed E-state index contributed by atoms with van der Waals surface area (Å²) in [7, 11) is 0. The molecule has 0 spiro atoms. The fourth-order valence-corrected chi connectivity index (χ4v) is 8.71. The molecule has 1 heterocycles. The first-order valence-electron chi connectivity index (χ1n) is 19.8. The van der Waals surface area contributed by atoms with Crippen molar-refractivity contribution in [2.45, 2.75) is 0 Å². The van der Waals surface area contributed by atoms with E-state index in [0.717, 1.165) is 66.6 Å². The van der Waals surface area contributed by atoms with Gasteiger partial charge >= 0.3 is 0 Å². The van der Waals surface area contributed by atoms with Gasteiger partial charge in [-0.15, -0.1) is 0 Å². The SMILES string of the molecule is c1ccc(-c2ccc(-c3ccccc3N(c3cccc(-c4cccc5ccccc45)c3)c3cccc(-c4cccc5oc6c7ccccc7ccc6c45)c3)cc2)cc1. The van der Waals surface area contributed by atoms with E-state index in [2.05, 4.69) is 229 Å². The number of para-hydroxylation sites is 1. The highest BCUT2D eigenvalue weighted by Crippen LogP contribution is 2.45. The summed E-state index contributed by atoms with van der Waals surface area (Å²) in [6, 6.07) is 80.7. The minimum atomic E-state index is 0.887. The molecule has 11 rings (SSSR count). The molecule has 10 aromatic carbocycles. The summed E-state index contributed by atoms with van der Waals surface area (Å²) in [5.41, 5.74) is 14.4. The summed E-state index contributed by atoms with van der Waals surface area (Å²) < 4.78 is 6.62. The zero-order chi connectivity index (χ0) is 38.4. The zero-order valence-electron chi connectivity index (χ0n) is 31.7. The number of nitrogens with zero attached hydrogens (tertiary/aromatic N) is 1. The van der Waals surface area contributed by atoms with Crippen LogP contribution in [0, 0.1) is 0 Å². The van der Waals surface area contributed by atoms with Gasteiger partial charge in [-0.2, -0.15) is 0 Å². The zero-order valence-corrected chi connectivity index (χ0v) is 31.7. The predicted molar refractivity (Wildman–Crippen MR) is 245 cm³/mol. The first-order chi connectivity index (χ1) is 28.8. The van der Waals surface area contributed by atoms with Crippen molar-refractivity contribution in [2.75, 3.05) is 4.90 Å². The fraction of sp³-hybridized carbons (Fsp3) is 0. The van der Waals surface area contributed by atoms with Gasteiger partial charge in [0.1, 0.15) is 11.2 Å². The highest BCUT2D eigenvalue weighted by Gasteiger charge is 2.20. The van der Waals surface area contributed by atoms with Crippen molar-refractivity contribution < 1.29 is 4.42 Å². The Balaban J connectivity index is 1.10. The molecule has 0 N–H and O–H groups in total. The molecular formula is C56H37NO. The average Bonchev–Trinajstić information content (AvgIpc) is 3.69. The highest BCUT2D eigenvalue weighted by molar-refractivity contribution is 6.19. The lowest BCUT2D eigenvalue weighted by Gasteiger charge is -2.29. The Kier molecular flexibility index (Phi) is 8.19. The van der Waals surface area contributed by atoms with Crippen LogP contribution in [0.2, 0.25) is 0 Å². The van der Waals surface area contributed by atoms with Crippen molar-refractivity contribution >= 4 is 60.5 Å². The Morgan fingerprint density at radius 1 is 0.310 bits per heavy atom. The molecule has 0 fully saturated rings. The van der Waals surface area contributed by atoms with Crippen molar-refractivity contribution in [3.63, 3.8) is 0 Å². The number of furan rings is 1. The van der Waals surface area contributed by atoms with Gasteiger partial charge in [0, 0.05) is 33.1 Å². The second-order valence-electron chi connectivity index (χ2n) is 14.9. The molecule has 0 radical (unpaired) electrons. The predicted octanol–water partition coefficient (Wildman–Crippen LogP) is 16.0. The lowest BCUT2D eigenvalue weighted by Crippen LogP contribution is -2.11. The van der Waals surface area contributed by atoms with Gasteiger partial charge < -0.3 is 9.32 Å². The van der Waals surface area contributed by atoms with E-state index in [1.807, 2.05) is 0 Å². The van der Waals surface area contributed by atoms with Crippen LogP contribution in [0.5, 0.6) is 0 Å². The maximum atomic E-state index is 6.62. The summed E-state index contributed by atoms with van der Waals surface area (Å²) in [6.45, 7) is 0. The minimum absolute atomic E-state index is 0.887. The van der Waals surface area contributed by atoms with Gasteiger partial charge in [0.2, 0.25) is 0 Å². The molecule has 0 saturated heterocycles. The third-order valence-electron chi connectivity index (χ3n) is 11.5. The fourth-order valence-electron chi connectivity index (χ4n) is 8.71. The van der Waals surface area contributed by atoms with E-state index in [1.165, 1.54) is 38.4 Å². The maximum absolute atomic E-state index is 6.62. The molecule has 1 aromatic heterocycles. The summed E-state index contributed by atoms with van der Waals surface area (Å²) in [4.78, 5) is 2.42. The van der Waals surface area contributed by atoms with Crippen LogP contribution < -0.4 is 4.90 Å². The summed E-state index contributed by atoms with van der Waals surface area (Å²) >= 11 is 0. The third kappa shape index (κ3) is 5.82. The number of benzene rings is 10. The van der Waals surface area contributed by atoms with Gasteiger partial charge in [-0.3, -0.25) is 0 Å². The molecule has 0 amide bonds. The monoisotopic (exact) mass is 739 g/mol. The van der Waals surface area contributed by atoms with Crippen LogP contribution in [0.15, 0.2) is 229 Å². The number of hydrogen-bond donors (Lipinski definition) is 0.